The molecule has 0 amide bonds. The van der Waals surface area contributed by atoms with Crippen LogP contribution in [-0.4, -0.2) is 45.7 Å². The predicted molar refractivity (Wildman–Crippen MR) is 88.5 cm³/mol. The van der Waals surface area contributed by atoms with Crippen molar-refractivity contribution in [1.82, 2.24) is 9.88 Å². The highest BCUT2D eigenvalue weighted by Crippen LogP contribution is 2.25. The molecular formula is C17H21N3O4. The maximum atomic E-state index is 10.8. The Bertz CT molecular complexity index is 713. The van der Waals surface area contributed by atoms with Gasteiger partial charge in [0.15, 0.2) is 11.7 Å². The van der Waals surface area contributed by atoms with Crippen LogP contribution in [0.4, 0.5) is 5.69 Å². The number of nitro benzene ring substituents is 1. The molecule has 1 fully saturated rings. The summed E-state index contributed by atoms with van der Waals surface area (Å²) in [6, 6.07) is 6.34. The first kappa shape index (κ1) is 16.6. The molecule has 1 aliphatic rings. The highest BCUT2D eigenvalue weighted by atomic mass is 16.6. The number of likely N-dealkylation sites (tertiary alicyclic amines) is 1. The molecule has 0 spiro atoms. The van der Waals surface area contributed by atoms with Crippen molar-refractivity contribution in [2.75, 3.05) is 19.6 Å². The summed E-state index contributed by atoms with van der Waals surface area (Å²) in [5.74, 6) is 1.50. The van der Waals surface area contributed by atoms with Crippen molar-refractivity contribution in [3.8, 4) is 11.3 Å². The molecule has 128 valence electrons. The van der Waals surface area contributed by atoms with Gasteiger partial charge in [0.1, 0.15) is 0 Å². The van der Waals surface area contributed by atoms with Gasteiger partial charge >= 0.3 is 0 Å². The van der Waals surface area contributed by atoms with E-state index in [0.29, 0.717) is 29.6 Å². The molecule has 2 unspecified atom stereocenters. The molecule has 0 saturated carbocycles. The molecule has 7 heteroatoms. The lowest BCUT2D eigenvalue weighted by atomic mass is 10.0. The minimum Gasteiger partial charge on any atom is -0.441 e. The monoisotopic (exact) mass is 331 g/mol. The lowest BCUT2D eigenvalue weighted by Gasteiger charge is -2.16. The molecule has 1 N–H and O–H groups in total. The van der Waals surface area contributed by atoms with Crippen LogP contribution in [0.15, 0.2) is 34.9 Å². The zero-order valence-corrected chi connectivity index (χ0v) is 13.6. The van der Waals surface area contributed by atoms with E-state index in [4.69, 9.17) is 4.42 Å². The first-order valence-electron chi connectivity index (χ1n) is 8.13. The van der Waals surface area contributed by atoms with Gasteiger partial charge in [-0.15, -0.1) is 0 Å². The molecule has 2 heterocycles. The number of aliphatic hydroxyl groups excluding tert-OH is 1. The molecule has 1 aliphatic heterocycles. The third kappa shape index (κ3) is 3.80. The smallest absolute Gasteiger partial charge is 0.270 e. The lowest BCUT2D eigenvalue weighted by Crippen LogP contribution is -2.26. The van der Waals surface area contributed by atoms with Gasteiger partial charge in [0, 0.05) is 37.2 Å². The van der Waals surface area contributed by atoms with Crippen LogP contribution in [0.3, 0.4) is 0 Å². The Hall–Kier alpha value is -2.25. The lowest BCUT2D eigenvalue weighted by molar-refractivity contribution is -0.384. The highest BCUT2D eigenvalue weighted by Gasteiger charge is 2.25. The number of aromatic nitrogens is 1. The van der Waals surface area contributed by atoms with E-state index in [9.17, 15) is 15.2 Å². The van der Waals surface area contributed by atoms with Crippen molar-refractivity contribution >= 4 is 5.69 Å². The minimum absolute atomic E-state index is 0.0340. The number of oxazole rings is 1. The normalized spacial score (nSPS) is 19.5. The van der Waals surface area contributed by atoms with E-state index in [1.54, 1.807) is 18.3 Å². The summed E-state index contributed by atoms with van der Waals surface area (Å²) < 4.78 is 5.73. The van der Waals surface area contributed by atoms with Gasteiger partial charge in [-0.3, -0.25) is 10.1 Å². The Balaban J connectivity index is 1.60. The number of nitro groups is 1. The fourth-order valence-electron chi connectivity index (χ4n) is 3.05. The summed E-state index contributed by atoms with van der Waals surface area (Å²) in [6.45, 7) is 4.55. The van der Waals surface area contributed by atoms with E-state index in [2.05, 4.69) is 9.88 Å². The molecule has 24 heavy (non-hydrogen) atoms. The van der Waals surface area contributed by atoms with E-state index in [-0.39, 0.29) is 11.8 Å². The Labute approximate surface area is 140 Å². The quantitative estimate of drug-likeness (QED) is 0.646. The van der Waals surface area contributed by atoms with Crippen LogP contribution >= 0.6 is 0 Å². The van der Waals surface area contributed by atoms with E-state index < -0.39 is 4.92 Å². The average molecular weight is 331 g/mol. The number of aliphatic hydroxyl groups is 1. The third-order valence-corrected chi connectivity index (χ3v) is 4.53. The second kappa shape index (κ2) is 7.11. The fourth-order valence-corrected chi connectivity index (χ4v) is 3.05. The topological polar surface area (TPSA) is 92.6 Å². The molecule has 3 rings (SSSR count). The molecule has 0 radical (unpaired) electrons. The molecule has 1 aromatic heterocycles. The summed E-state index contributed by atoms with van der Waals surface area (Å²) in [4.78, 5) is 17.0. The van der Waals surface area contributed by atoms with Gasteiger partial charge in [-0.2, -0.15) is 0 Å². The van der Waals surface area contributed by atoms with Crippen molar-refractivity contribution in [3.63, 3.8) is 0 Å². The van der Waals surface area contributed by atoms with Crippen molar-refractivity contribution < 1.29 is 14.4 Å². The van der Waals surface area contributed by atoms with Crippen molar-refractivity contribution in [1.29, 1.82) is 0 Å². The van der Waals surface area contributed by atoms with Gasteiger partial charge in [-0.05, 0) is 25.8 Å². The summed E-state index contributed by atoms with van der Waals surface area (Å²) in [7, 11) is 0. The summed E-state index contributed by atoms with van der Waals surface area (Å²) in [5, 5.41) is 20.5. The van der Waals surface area contributed by atoms with Gasteiger partial charge in [0.2, 0.25) is 0 Å². The third-order valence-electron chi connectivity index (χ3n) is 4.53. The van der Waals surface area contributed by atoms with E-state index in [1.807, 2.05) is 6.92 Å². The summed E-state index contributed by atoms with van der Waals surface area (Å²) in [6.07, 6.45) is 3.04. The van der Waals surface area contributed by atoms with Crippen LogP contribution in [0, 0.1) is 16.0 Å². The minimum atomic E-state index is -0.424. The van der Waals surface area contributed by atoms with Gasteiger partial charge < -0.3 is 14.4 Å². The van der Waals surface area contributed by atoms with Crippen LogP contribution in [0.5, 0.6) is 0 Å². The fraction of sp³-hybridized carbons (Fsp3) is 0.471. The molecule has 2 aromatic rings. The van der Waals surface area contributed by atoms with E-state index in [0.717, 1.165) is 26.1 Å². The zero-order chi connectivity index (χ0) is 17.1. The van der Waals surface area contributed by atoms with Crippen LogP contribution in [-0.2, 0) is 6.42 Å². The maximum absolute atomic E-state index is 10.8. The Morgan fingerprint density at radius 3 is 3.08 bits per heavy atom. The van der Waals surface area contributed by atoms with E-state index >= 15 is 0 Å². The zero-order valence-electron chi connectivity index (χ0n) is 13.6. The molecule has 2 atom stereocenters. The molecule has 1 saturated heterocycles. The second-order valence-corrected chi connectivity index (χ2v) is 6.27. The van der Waals surface area contributed by atoms with Crippen molar-refractivity contribution in [2.24, 2.45) is 5.92 Å². The number of nitrogens with zero attached hydrogens (tertiary/aromatic N) is 3. The maximum Gasteiger partial charge on any atom is 0.270 e. The standard InChI is InChI=1S/C17H21N3O4/c1-12(21)14-5-7-19(11-14)8-6-17-18-10-16(24-17)13-3-2-4-15(9-13)20(22)23/h2-4,9-10,12,14,21H,5-8,11H2,1H3. The van der Waals surface area contributed by atoms with Gasteiger partial charge in [0.25, 0.3) is 5.69 Å². The molecule has 0 aliphatic carbocycles. The molecule has 7 nitrogen and oxygen atoms in total. The number of hydrogen-bond donors (Lipinski definition) is 1. The van der Waals surface area contributed by atoms with Crippen LogP contribution < -0.4 is 0 Å². The van der Waals surface area contributed by atoms with Crippen LogP contribution in [0.25, 0.3) is 11.3 Å². The highest BCUT2D eigenvalue weighted by molar-refractivity contribution is 5.60. The van der Waals surface area contributed by atoms with Crippen molar-refractivity contribution in [3.05, 3.63) is 46.5 Å². The summed E-state index contributed by atoms with van der Waals surface area (Å²) >= 11 is 0. The van der Waals surface area contributed by atoms with E-state index in [1.165, 1.54) is 12.1 Å². The van der Waals surface area contributed by atoms with Crippen LogP contribution in [0.1, 0.15) is 19.2 Å². The first-order chi connectivity index (χ1) is 11.5. The largest absolute Gasteiger partial charge is 0.441 e. The average Bonchev–Trinajstić information content (AvgIpc) is 3.22. The first-order valence-corrected chi connectivity index (χ1v) is 8.13. The Morgan fingerprint density at radius 1 is 1.54 bits per heavy atom. The Morgan fingerprint density at radius 2 is 2.38 bits per heavy atom. The molecule has 1 aromatic carbocycles. The van der Waals surface area contributed by atoms with Crippen LogP contribution in [0.2, 0.25) is 0 Å². The second-order valence-electron chi connectivity index (χ2n) is 6.27. The Kier molecular flexibility index (Phi) is 4.92. The molecular weight excluding hydrogens is 310 g/mol. The van der Waals surface area contributed by atoms with Gasteiger partial charge in [0.05, 0.1) is 17.2 Å². The number of hydrogen-bond acceptors (Lipinski definition) is 6. The van der Waals surface area contributed by atoms with Gasteiger partial charge in [-0.1, -0.05) is 12.1 Å². The SMILES string of the molecule is CC(O)C1CCN(CCc2ncc(-c3cccc([N+](=O)[O-])c3)o2)C1. The number of rotatable bonds is 6. The summed E-state index contributed by atoms with van der Waals surface area (Å²) in [5.41, 5.74) is 0.685. The van der Waals surface area contributed by atoms with Gasteiger partial charge in [-0.25, -0.2) is 4.98 Å². The molecule has 0 bridgehead atoms. The predicted octanol–water partition coefficient (Wildman–Crippen LogP) is 2.50. The number of benzene rings is 1. The number of non-ortho nitro benzene ring substituents is 1. The van der Waals surface area contributed by atoms with Crippen molar-refractivity contribution in [2.45, 2.75) is 25.9 Å².